The highest BCUT2D eigenvalue weighted by atomic mass is 35.5. The SMILES string of the molecule is CCCN(CCC)C(=O)c1c(Cl)nc2cccc3c2c1-c1ccccc1-3. The van der Waals surface area contributed by atoms with E-state index in [-0.39, 0.29) is 5.91 Å². The van der Waals surface area contributed by atoms with Gasteiger partial charge in [-0.2, -0.15) is 0 Å². The highest BCUT2D eigenvalue weighted by Gasteiger charge is 2.30. The molecule has 1 aromatic heterocycles. The summed E-state index contributed by atoms with van der Waals surface area (Å²) in [5.41, 5.74) is 5.66. The van der Waals surface area contributed by atoms with Crippen LogP contribution in [0.1, 0.15) is 37.0 Å². The van der Waals surface area contributed by atoms with Crippen molar-refractivity contribution in [2.45, 2.75) is 26.7 Å². The molecule has 4 rings (SSSR count). The van der Waals surface area contributed by atoms with Crippen LogP contribution in [0.5, 0.6) is 0 Å². The van der Waals surface area contributed by atoms with Gasteiger partial charge in [0.15, 0.2) is 0 Å². The van der Waals surface area contributed by atoms with Gasteiger partial charge in [-0.15, -0.1) is 0 Å². The molecule has 4 heteroatoms. The number of pyridine rings is 1. The predicted molar refractivity (Wildman–Crippen MR) is 108 cm³/mol. The molecule has 0 aliphatic heterocycles. The summed E-state index contributed by atoms with van der Waals surface area (Å²) in [5, 5.41) is 1.33. The van der Waals surface area contributed by atoms with E-state index in [1.165, 1.54) is 0 Å². The van der Waals surface area contributed by atoms with Gasteiger partial charge in [-0.1, -0.05) is 61.8 Å². The fourth-order valence-corrected chi connectivity index (χ4v) is 4.19. The molecule has 0 atom stereocenters. The van der Waals surface area contributed by atoms with Crippen molar-refractivity contribution in [3.05, 3.63) is 53.2 Å². The Morgan fingerprint density at radius 1 is 0.962 bits per heavy atom. The molecular formula is C22H21ClN2O. The maximum absolute atomic E-state index is 13.4. The van der Waals surface area contributed by atoms with E-state index in [9.17, 15) is 4.79 Å². The molecule has 0 unspecified atom stereocenters. The third-order valence-electron chi connectivity index (χ3n) is 4.94. The molecule has 1 aliphatic rings. The minimum Gasteiger partial charge on any atom is -0.339 e. The van der Waals surface area contributed by atoms with Crippen molar-refractivity contribution < 1.29 is 4.79 Å². The van der Waals surface area contributed by atoms with E-state index in [0.717, 1.165) is 59.1 Å². The number of nitrogens with zero attached hydrogens (tertiary/aromatic N) is 2. The Balaban J connectivity index is 2.00. The number of carbonyl (C=O) groups is 1. The van der Waals surface area contributed by atoms with Crippen molar-refractivity contribution in [1.29, 1.82) is 0 Å². The van der Waals surface area contributed by atoms with Crippen molar-refractivity contribution in [2.24, 2.45) is 0 Å². The summed E-state index contributed by atoms with van der Waals surface area (Å²) >= 11 is 6.56. The van der Waals surface area contributed by atoms with Gasteiger partial charge >= 0.3 is 0 Å². The molecule has 1 aliphatic carbocycles. The summed E-state index contributed by atoms with van der Waals surface area (Å²) in [4.78, 5) is 19.9. The Labute approximate surface area is 158 Å². The number of rotatable bonds is 5. The number of fused-ring (bicyclic) bond motifs is 3. The van der Waals surface area contributed by atoms with E-state index in [2.05, 4.69) is 37.0 Å². The Morgan fingerprint density at radius 2 is 1.62 bits per heavy atom. The molecule has 0 saturated carbocycles. The first-order valence-electron chi connectivity index (χ1n) is 9.18. The van der Waals surface area contributed by atoms with Crippen LogP contribution in [0.25, 0.3) is 33.2 Å². The van der Waals surface area contributed by atoms with Crippen LogP contribution in [-0.2, 0) is 0 Å². The summed E-state index contributed by atoms with van der Waals surface area (Å²) in [6, 6.07) is 14.3. The maximum Gasteiger partial charge on any atom is 0.257 e. The predicted octanol–water partition coefficient (Wildman–Crippen LogP) is 5.80. The minimum atomic E-state index is -0.0189. The lowest BCUT2D eigenvalue weighted by Gasteiger charge is -2.23. The summed E-state index contributed by atoms with van der Waals surface area (Å²) in [6.07, 6.45) is 1.84. The normalized spacial score (nSPS) is 11.7. The molecule has 0 spiro atoms. The van der Waals surface area contributed by atoms with Gasteiger partial charge in [0.1, 0.15) is 5.15 Å². The molecule has 132 valence electrons. The van der Waals surface area contributed by atoms with Crippen molar-refractivity contribution in [1.82, 2.24) is 9.88 Å². The summed E-state index contributed by atoms with van der Waals surface area (Å²) < 4.78 is 0. The molecule has 0 bridgehead atoms. The molecule has 3 aromatic rings. The monoisotopic (exact) mass is 364 g/mol. The molecule has 0 radical (unpaired) electrons. The van der Waals surface area contributed by atoms with Crippen LogP contribution in [0.15, 0.2) is 42.5 Å². The van der Waals surface area contributed by atoms with E-state index >= 15 is 0 Å². The lowest BCUT2D eigenvalue weighted by molar-refractivity contribution is 0.0756. The van der Waals surface area contributed by atoms with Crippen LogP contribution >= 0.6 is 11.6 Å². The summed E-state index contributed by atoms with van der Waals surface area (Å²) in [6.45, 7) is 5.62. The Morgan fingerprint density at radius 3 is 2.31 bits per heavy atom. The second-order valence-electron chi connectivity index (χ2n) is 6.69. The highest BCUT2D eigenvalue weighted by molar-refractivity contribution is 6.35. The zero-order valence-corrected chi connectivity index (χ0v) is 15.8. The van der Waals surface area contributed by atoms with Gasteiger partial charge in [-0.25, -0.2) is 4.98 Å². The Hall–Kier alpha value is -2.39. The lowest BCUT2D eigenvalue weighted by atomic mass is 10.00. The third-order valence-corrected chi connectivity index (χ3v) is 5.22. The van der Waals surface area contributed by atoms with Gasteiger partial charge in [-0.3, -0.25) is 4.79 Å². The van der Waals surface area contributed by atoms with Gasteiger partial charge in [0.2, 0.25) is 0 Å². The number of hydrogen-bond donors (Lipinski definition) is 0. The molecule has 2 aromatic carbocycles. The standard InChI is InChI=1S/C22H21ClN2O/c1-3-12-25(13-4-2)22(26)20-19-16-9-6-5-8-14(16)15-10-7-11-17(18(15)19)24-21(20)23/h5-11H,3-4,12-13H2,1-2H3. The second-order valence-corrected chi connectivity index (χ2v) is 7.05. The topological polar surface area (TPSA) is 33.2 Å². The van der Waals surface area contributed by atoms with Gasteiger partial charge in [0.05, 0.1) is 11.1 Å². The van der Waals surface area contributed by atoms with Gasteiger partial charge in [0.25, 0.3) is 5.91 Å². The smallest absolute Gasteiger partial charge is 0.257 e. The molecule has 0 saturated heterocycles. The van der Waals surface area contributed by atoms with Crippen molar-refractivity contribution in [2.75, 3.05) is 13.1 Å². The average Bonchev–Trinajstić information content (AvgIpc) is 2.98. The van der Waals surface area contributed by atoms with E-state index in [1.54, 1.807) is 0 Å². The van der Waals surface area contributed by atoms with Crippen LogP contribution < -0.4 is 0 Å². The fourth-order valence-electron chi connectivity index (χ4n) is 3.92. The number of amides is 1. The second kappa shape index (κ2) is 6.73. The maximum atomic E-state index is 13.4. The molecule has 0 fully saturated rings. The first kappa shape index (κ1) is 17.0. The van der Waals surface area contributed by atoms with Crippen molar-refractivity contribution >= 4 is 28.4 Å². The number of hydrogen-bond acceptors (Lipinski definition) is 2. The summed E-state index contributed by atoms with van der Waals surface area (Å²) in [7, 11) is 0. The van der Waals surface area contributed by atoms with Gasteiger partial charge in [0, 0.05) is 24.0 Å². The Bertz CT molecular complexity index is 1010. The van der Waals surface area contributed by atoms with Crippen LogP contribution in [0.3, 0.4) is 0 Å². The van der Waals surface area contributed by atoms with E-state index in [4.69, 9.17) is 11.6 Å². The van der Waals surface area contributed by atoms with Gasteiger partial charge in [-0.05, 0) is 35.6 Å². The first-order chi connectivity index (χ1) is 12.7. The zero-order valence-electron chi connectivity index (χ0n) is 15.1. The molecule has 26 heavy (non-hydrogen) atoms. The molecule has 1 heterocycles. The van der Waals surface area contributed by atoms with Crippen molar-refractivity contribution in [3.8, 4) is 22.3 Å². The number of benzene rings is 2. The molecular weight excluding hydrogens is 344 g/mol. The number of carbonyl (C=O) groups excluding carboxylic acids is 1. The molecule has 0 N–H and O–H groups in total. The fraction of sp³-hybridized carbons (Fsp3) is 0.273. The molecule has 1 amide bonds. The van der Waals surface area contributed by atoms with E-state index in [0.29, 0.717) is 10.7 Å². The minimum absolute atomic E-state index is 0.0189. The van der Waals surface area contributed by atoms with Crippen LogP contribution in [0.4, 0.5) is 0 Å². The number of aromatic nitrogens is 1. The van der Waals surface area contributed by atoms with E-state index < -0.39 is 0 Å². The van der Waals surface area contributed by atoms with Crippen LogP contribution in [-0.4, -0.2) is 28.9 Å². The Kier molecular flexibility index (Phi) is 4.41. The largest absolute Gasteiger partial charge is 0.339 e. The van der Waals surface area contributed by atoms with Crippen molar-refractivity contribution in [3.63, 3.8) is 0 Å². The molecule has 3 nitrogen and oxygen atoms in total. The third kappa shape index (κ3) is 2.50. The highest BCUT2D eigenvalue weighted by Crippen LogP contribution is 2.49. The lowest BCUT2D eigenvalue weighted by Crippen LogP contribution is -2.33. The first-order valence-corrected chi connectivity index (χ1v) is 9.56. The van der Waals surface area contributed by atoms with Crippen LogP contribution in [0.2, 0.25) is 5.15 Å². The summed E-state index contributed by atoms with van der Waals surface area (Å²) in [5.74, 6) is -0.0189. The van der Waals surface area contributed by atoms with Gasteiger partial charge < -0.3 is 4.90 Å². The van der Waals surface area contributed by atoms with Crippen LogP contribution in [0, 0.1) is 0 Å². The zero-order chi connectivity index (χ0) is 18.3. The average molecular weight is 365 g/mol. The quantitative estimate of drug-likeness (QED) is 0.419. The number of halogens is 1. The van der Waals surface area contributed by atoms with E-state index in [1.807, 2.05) is 29.2 Å².